The number of ether oxygens (including phenoxy) is 3. The van der Waals surface area contributed by atoms with E-state index < -0.39 is 21.2 Å². The third kappa shape index (κ3) is 3.03. The summed E-state index contributed by atoms with van der Waals surface area (Å²) in [6.45, 7) is 3.64. The topological polar surface area (TPSA) is 61.8 Å². The van der Waals surface area contributed by atoms with Gasteiger partial charge in [-0.15, -0.1) is 0 Å². The first-order valence-electron chi connectivity index (χ1n) is 9.43. The van der Waals surface area contributed by atoms with E-state index in [1.54, 1.807) is 13.8 Å². The highest BCUT2D eigenvalue weighted by molar-refractivity contribution is 7.95. The van der Waals surface area contributed by atoms with Gasteiger partial charge in [0.15, 0.2) is 21.3 Å². The molecule has 26 heavy (non-hydrogen) atoms. The fraction of sp³-hybridized carbons (Fsp3) is 0.600. The third-order valence-corrected chi connectivity index (χ3v) is 7.99. The molecule has 1 aliphatic carbocycles. The Balaban J connectivity index is 1.76. The molecule has 1 saturated carbocycles. The molecule has 1 unspecified atom stereocenters. The second-order valence-corrected chi connectivity index (χ2v) is 10.3. The Hall–Kier alpha value is -1.53. The highest BCUT2D eigenvalue weighted by Crippen LogP contribution is 2.48. The van der Waals surface area contributed by atoms with Gasteiger partial charge in [-0.25, -0.2) is 8.42 Å². The van der Waals surface area contributed by atoms with Crippen molar-refractivity contribution >= 4 is 9.84 Å². The molecule has 5 nitrogen and oxygen atoms in total. The highest BCUT2D eigenvalue weighted by Gasteiger charge is 2.43. The quantitative estimate of drug-likeness (QED) is 0.785. The lowest BCUT2D eigenvalue weighted by Crippen LogP contribution is -2.40. The van der Waals surface area contributed by atoms with Crippen LogP contribution in [0.3, 0.4) is 0 Å². The average Bonchev–Trinajstić information content (AvgIpc) is 3.09. The maximum Gasteiger partial charge on any atom is 0.231 e. The van der Waals surface area contributed by atoms with Gasteiger partial charge in [0, 0.05) is 0 Å². The molecule has 1 atom stereocenters. The van der Waals surface area contributed by atoms with Crippen LogP contribution in [-0.4, -0.2) is 26.1 Å². The molecule has 1 aromatic carbocycles. The fourth-order valence-corrected chi connectivity index (χ4v) is 5.46. The van der Waals surface area contributed by atoms with Crippen molar-refractivity contribution in [3.63, 3.8) is 0 Å². The monoisotopic (exact) mass is 378 g/mol. The van der Waals surface area contributed by atoms with Crippen molar-refractivity contribution in [2.24, 2.45) is 0 Å². The van der Waals surface area contributed by atoms with Crippen LogP contribution < -0.4 is 9.47 Å². The van der Waals surface area contributed by atoms with E-state index in [-0.39, 0.29) is 12.4 Å². The number of fused-ring (bicyclic) bond motifs is 1. The second-order valence-electron chi connectivity index (χ2n) is 7.76. The largest absolute Gasteiger partial charge is 0.454 e. The minimum Gasteiger partial charge on any atom is -0.454 e. The van der Waals surface area contributed by atoms with Gasteiger partial charge >= 0.3 is 0 Å². The number of benzene rings is 1. The zero-order valence-corrected chi connectivity index (χ0v) is 16.2. The number of hydrogen-bond donors (Lipinski definition) is 0. The summed E-state index contributed by atoms with van der Waals surface area (Å²) in [5, 5.41) is -0.478. The van der Waals surface area contributed by atoms with Crippen LogP contribution in [0.25, 0.3) is 0 Å². The van der Waals surface area contributed by atoms with Crippen molar-refractivity contribution in [1.82, 2.24) is 0 Å². The predicted octanol–water partition coefficient (Wildman–Crippen LogP) is 4.29. The maximum atomic E-state index is 13.0. The minimum absolute atomic E-state index is 0.196. The lowest BCUT2D eigenvalue weighted by molar-refractivity contribution is -0.107. The molecule has 0 N–H and O–H groups in total. The van der Waals surface area contributed by atoms with Gasteiger partial charge in [-0.1, -0.05) is 31.4 Å². The van der Waals surface area contributed by atoms with E-state index in [0.717, 1.165) is 31.2 Å². The molecule has 2 heterocycles. The van der Waals surface area contributed by atoms with Crippen LogP contribution in [0.1, 0.15) is 64.0 Å². The van der Waals surface area contributed by atoms with Crippen molar-refractivity contribution in [1.29, 1.82) is 0 Å². The Morgan fingerprint density at radius 1 is 1.08 bits per heavy atom. The summed E-state index contributed by atoms with van der Waals surface area (Å²) in [6, 6.07) is 5.59. The summed E-state index contributed by atoms with van der Waals surface area (Å²) in [4.78, 5) is 0.391. The molecule has 1 spiro atoms. The van der Waals surface area contributed by atoms with E-state index >= 15 is 0 Å². The number of hydrogen-bond acceptors (Lipinski definition) is 5. The molecule has 6 heteroatoms. The zero-order valence-electron chi connectivity index (χ0n) is 15.4. The first-order valence-corrected chi connectivity index (χ1v) is 11.0. The van der Waals surface area contributed by atoms with E-state index in [4.69, 9.17) is 14.2 Å². The van der Waals surface area contributed by atoms with E-state index in [1.807, 2.05) is 24.3 Å². The number of sulfone groups is 1. The summed E-state index contributed by atoms with van der Waals surface area (Å²) < 4.78 is 43.4. The van der Waals surface area contributed by atoms with E-state index in [0.29, 0.717) is 22.8 Å². The lowest BCUT2D eigenvalue weighted by Gasteiger charge is -2.43. The van der Waals surface area contributed by atoms with Crippen molar-refractivity contribution in [3.8, 4) is 11.5 Å². The predicted molar refractivity (Wildman–Crippen MR) is 99.0 cm³/mol. The first-order chi connectivity index (χ1) is 12.4. The van der Waals surface area contributed by atoms with Gasteiger partial charge in [0.05, 0.1) is 15.8 Å². The molecule has 0 aromatic heterocycles. The second kappa shape index (κ2) is 6.57. The molecular weight excluding hydrogens is 352 g/mol. The summed E-state index contributed by atoms with van der Waals surface area (Å²) >= 11 is 0. The van der Waals surface area contributed by atoms with Crippen LogP contribution in [0.15, 0.2) is 29.2 Å². The molecule has 3 aliphatic rings. The molecule has 0 saturated heterocycles. The molecule has 1 aromatic rings. The summed E-state index contributed by atoms with van der Waals surface area (Å²) in [5.74, 6) is 1.34. The van der Waals surface area contributed by atoms with Crippen molar-refractivity contribution in [2.75, 3.05) is 6.79 Å². The lowest BCUT2D eigenvalue weighted by atomic mass is 9.80. The Kier molecular flexibility index (Phi) is 4.51. The smallest absolute Gasteiger partial charge is 0.231 e. The highest BCUT2D eigenvalue weighted by atomic mass is 32.2. The molecule has 2 aliphatic heterocycles. The van der Waals surface area contributed by atoms with Gasteiger partial charge in [-0.2, -0.15) is 0 Å². The van der Waals surface area contributed by atoms with E-state index in [9.17, 15) is 8.42 Å². The first kappa shape index (κ1) is 17.9. The van der Waals surface area contributed by atoms with Crippen molar-refractivity contribution < 1.29 is 22.6 Å². The molecule has 0 bridgehead atoms. The maximum absolute atomic E-state index is 13.0. The molecule has 0 amide bonds. The number of rotatable bonds is 3. The Morgan fingerprint density at radius 3 is 2.54 bits per heavy atom. The van der Waals surface area contributed by atoms with Gasteiger partial charge in [0.2, 0.25) is 6.79 Å². The van der Waals surface area contributed by atoms with Gasteiger partial charge in [-0.3, -0.25) is 0 Å². The summed E-state index contributed by atoms with van der Waals surface area (Å²) in [7, 11) is -3.40. The standard InChI is InChI=1S/C20H26O5S/c1-14(2)26(21,22)18-8-11-20(9-4-3-5-10-20)25-19(18)15-6-7-16-17(12-15)24-13-23-16/h6-8,12,14,19H,3-5,9-11,13H2,1-2H3. The average molecular weight is 378 g/mol. The van der Waals surface area contributed by atoms with E-state index in [2.05, 4.69) is 0 Å². The third-order valence-electron chi connectivity index (χ3n) is 5.71. The van der Waals surface area contributed by atoms with Crippen LogP contribution in [0.4, 0.5) is 0 Å². The minimum atomic E-state index is -3.40. The summed E-state index contributed by atoms with van der Waals surface area (Å²) in [5.41, 5.74) is 0.573. The van der Waals surface area contributed by atoms with Gasteiger partial charge in [-0.05, 0) is 50.8 Å². The summed E-state index contributed by atoms with van der Waals surface area (Å²) in [6.07, 6.45) is 7.47. The Labute approximate surface area is 155 Å². The van der Waals surface area contributed by atoms with Crippen LogP contribution in [0.2, 0.25) is 0 Å². The molecule has 0 radical (unpaired) electrons. The van der Waals surface area contributed by atoms with Gasteiger partial charge < -0.3 is 14.2 Å². The van der Waals surface area contributed by atoms with Gasteiger partial charge in [0.25, 0.3) is 0 Å². The van der Waals surface area contributed by atoms with Crippen LogP contribution >= 0.6 is 0 Å². The fourth-order valence-electron chi connectivity index (χ4n) is 4.11. The molecular formula is C20H26O5S. The normalized spacial score (nSPS) is 24.7. The Morgan fingerprint density at radius 2 is 1.81 bits per heavy atom. The van der Waals surface area contributed by atoms with Crippen LogP contribution in [-0.2, 0) is 14.6 Å². The SMILES string of the molecule is CC(C)S(=O)(=O)C1=CCC2(CCCCC2)OC1c1ccc2c(c1)OCO2. The van der Waals surface area contributed by atoms with Crippen molar-refractivity contribution in [2.45, 2.75) is 69.3 Å². The zero-order chi connectivity index (χ0) is 18.4. The van der Waals surface area contributed by atoms with Gasteiger partial charge in [0.1, 0.15) is 6.10 Å². The van der Waals surface area contributed by atoms with Crippen LogP contribution in [0, 0.1) is 0 Å². The van der Waals surface area contributed by atoms with Crippen LogP contribution in [0.5, 0.6) is 11.5 Å². The van der Waals surface area contributed by atoms with E-state index in [1.165, 1.54) is 6.42 Å². The van der Waals surface area contributed by atoms with Crippen molar-refractivity contribution in [3.05, 3.63) is 34.7 Å². The Bertz CT molecular complexity index is 819. The molecule has 142 valence electrons. The molecule has 1 fully saturated rings. The molecule has 4 rings (SSSR count).